The zero-order chi connectivity index (χ0) is 12.4. The molecule has 0 saturated carbocycles. The molecule has 0 aliphatic carbocycles. The fraction of sp³-hybridized carbons (Fsp3) is 0.938. The van der Waals surface area contributed by atoms with Crippen LogP contribution in [0.1, 0.15) is 79.6 Å². The van der Waals surface area contributed by atoms with Gasteiger partial charge in [-0.05, 0) is 30.6 Å². The summed E-state index contributed by atoms with van der Waals surface area (Å²) < 4.78 is 0. The van der Waals surface area contributed by atoms with E-state index in [9.17, 15) is 0 Å². The molecule has 0 heterocycles. The highest BCUT2D eigenvalue weighted by Gasteiger charge is 2.09. The molecule has 0 spiro atoms. The Morgan fingerprint density at radius 3 is 2.12 bits per heavy atom. The summed E-state index contributed by atoms with van der Waals surface area (Å²) in [6.45, 7) is 11.6. The van der Waals surface area contributed by atoms with Gasteiger partial charge in [0.05, 0.1) is 0 Å². The van der Waals surface area contributed by atoms with Crippen LogP contribution in [0.5, 0.6) is 0 Å². The molecule has 0 aromatic heterocycles. The second-order valence-electron chi connectivity index (χ2n) is 5.81. The smallest absolute Gasteiger partial charge is 0.0358 e. The van der Waals surface area contributed by atoms with Gasteiger partial charge < -0.3 is 0 Å². The summed E-state index contributed by atoms with van der Waals surface area (Å²) in [6.07, 6.45) is 12.3. The first-order valence-corrected chi connectivity index (χ1v) is 7.43. The Bertz CT molecular complexity index is 137. The number of hydrogen-bond acceptors (Lipinski definition) is 0. The average molecular weight is 225 g/mol. The Balaban J connectivity index is 3.57. The zero-order valence-corrected chi connectivity index (χ0v) is 12.3. The number of rotatable bonds is 10. The molecule has 0 rings (SSSR count). The van der Waals surface area contributed by atoms with Gasteiger partial charge in [0, 0.05) is 0 Å². The summed E-state index contributed by atoms with van der Waals surface area (Å²) in [5, 5.41) is 0. The Morgan fingerprint density at radius 2 is 1.62 bits per heavy atom. The number of hydrogen-bond donors (Lipinski definition) is 0. The van der Waals surface area contributed by atoms with E-state index in [1.165, 1.54) is 44.9 Å². The standard InChI is InChI=1S/C16H33/c1-6-8-9-16(7-2)13-12-15(5)11-10-14(3)4/h10,14-16H,6-9,11-13H2,1-5H3. The molecule has 0 fully saturated rings. The van der Waals surface area contributed by atoms with Crippen molar-refractivity contribution in [3.63, 3.8) is 0 Å². The van der Waals surface area contributed by atoms with Crippen LogP contribution in [0, 0.1) is 24.2 Å². The van der Waals surface area contributed by atoms with Crippen LogP contribution in [0.15, 0.2) is 0 Å². The fourth-order valence-corrected chi connectivity index (χ4v) is 2.19. The van der Waals surface area contributed by atoms with E-state index >= 15 is 0 Å². The minimum atomic E-state index is 0.754. The van der Waals surface area contributed by atoms with Crippen LogP contribution < -0.4 is 0 Å². The molecule has 2 unspecified atom stereocenters. The van der Waals surface area contributed by atoms with Crippen LogP contribution in [0.2, 0.25) is 0 Å². The van der Waals surface area contributed by atoms with Crippen molar-refractivity contribution >= 4 is 0 Å². The molecule has 16 heavy (non-hydrogen) atoms. The van der Waals surface area contributed by atoms with Crippen LogP contribution in [-0.4, -0.2) is 0 Å². The van der Waals surface area contributed by atoms with Crippen molar-refractivity contribution in [2.45, 2.75) is 79.6 Å². The quantitative estimate of drug-likeness (QED) is 0.436. The van der Waals surface area contributed by atoms with Gasteiger partial charge >= 0.3 is 0 Å². The SMILES string of the molecule is CCCCC(CC)CCC(C)C[CH]C(C)C. The Kier molecular flexibility index (Phi) is 10.2. The molecular formula is C16H33. The molecule has 0 nitrogen and oxygen atoms in total. The van der Waals surface area contributed by atoms with E-state index in [2.05, 4.69) is 41.0 Å². The molecule has 97 valence electrons. The van der Waals surface area contributed by atoms with Gasteiger partial charge in [-0.25, -0.2) is 0 Å². The lowest BCUT2D eigenvalue weighted by Gasteiger charge is -2.18. The van der Waals surface area contributed by atoms with Crippen LogP contribution >= 0.6 is 0 Å². The van der Waals surface area contributed by atoms with E-state index in [0.29, 0.717) is 0 Å². The van der Waals surface area contributed by atoms with Crippen LogP contribution in [-0.2, 0) is 0 Å². The molecule has 0 N–H and O–H groups in total. The fourth-order valence-electron chi connectivity index (χ4n) is 2.19. The molecule has 0 bridgehead atoms. The van der Waals surface area contributed by atoms with Gasteiger partial charge in [-0.15, -0.1) is 0 Å². The molecular weight excluding hydrogens is 192 g/mol. The van der Waals surface area contributed by atoms with Gasteiger partial charge in [-0.2, -0.15) is 0 Å². The zero-order valence-electron chi connectivity index (χ0n) is 12.3. The Morgan fingerprint density at radius 1 is 0.938 bits per heavy atom. The lowest BCUT2D eigenvalue weighted by molar-refractivity contribution is 0.366. The third-order valence-electron chi connectivity index (χ3n) is 3.62. The van der Waals surface area contributed by atoms with Gasteiger partial charge in [0.2, 0.25) is 0 Å². The van der Waals surface area contributed by atoms with Crippen molar-refractivity contribution in [1.82, 2.24) is 0 Å². The lowest BCUT2D eigenvalue weighted by atomic mass is 9.88. The first kappa shape index (κ1) is 16.0. The van der Waals surface area contributed by atoms with Crippen molar-refractivity contribution in [1.29, 1.82) is 0 Å². The summed E-state index contributed by atoms with van der Waals surface area (Å²) in [7, 11) is 0. The summed E-state index contributed by atoms with van der Waals surface area (Å²) in [4.78, 5) is 0. The maximum atomic E-state index is 2.47. The third-order valence-corrected chi connectivity index (χ3v) is 3.62. The normalized spacial score (nSPS) is 15.4. The third kappa shape index (κ3) is 9.24. The molecule has 1 radical (unpaired) electrons. The lowest BCUT2D eigenvalue weighted by Crippen LogP contribution is -2.04. The topological polar surface area (TPSA) is 0 Å². The van der Waals surface area contributed by atoms with Gasteiger partial charge in [-0.1, -0.05) is 73.1 Å². The maximum absolute atomic E-state index is 2.47. The summed E-state index contributed by atoms with van der Waals surface area (Å²) in [5.74, 6) is 2.63. The van der Waals surface area contributed by atoms with E-state index in [1.807, 2.05) is 0 Å². The summed E-state index contributed by atoms with van der Waals surface area (Å²) in [5.41, 5.74) is 0. The van der Waals surface area contributed by atoms with E-state index < -0.39 is 0 Å². The van der Waals surface area contributed by atoms with Crippen molar-refractivity contribution in [3.05, 3.63) is 6.42 Å². The molecule has 0 aromatic rings. The molecule has 0 aromatic carbocycles. The van der Waals surface area contributed by atoms with Crippen LogP contribution in [0.3, 0.4) is 0 Å². The van der Waals surface area contributed by atoms with E-state index in [4.69, 9.17) is 0 Å². The van der Waals surface area contributed by atoms with Gasteiger partial charge in [0.15, 0.2) is 0 Å². The average Bonchev–Trinajstić information content (AvgIpc) is 2.26. The molecule has 2 atom stereocenters. The molecule has 0 aliphatic heterocycles. The van der Waals surface area contributed by atoms with Crippen LogP contribution in [0.25, 0.3) is 0 Å². The monoisotopic (exact) mass is 225 g/mol. The first-order chi connectivity index (χ1) is 7.60. The molecule has 0 amide bonds. The minimum Gasteiger partial charge on any atom is -0.0654 e. The predicted octanol–water partition coefficient (Wildman–Crippen LogP) is 5.87. The van der Waals surface area contributed by atoms with Crippen molar-refractivity contribution < 1.29 is 0 Å². The van der Waals surface area contributed by atoms with Crippen molar-refractivity contribution in [2.24, 2.45) is 17.8 Å². The highest BCUT2D eigenvalue weighted by molar-refractivity contribution is 4.72. The van der Waals surface area contributed by atoms with E-state index in [-0.39, 0.29) is 0 Å². The largest absolute Gasteiger partial charge is 0.0654 e. The van der Waals surface area contributed by atoms with Crippen molar-refractivity contribution in [2.75, 3.05) is 0 Å². The highest BCUT2D eigenvalue weighted by Crippen LogP contribution is 2.23. The van der Waals surface area contributed by atoms with E-state index in [1.54, 1.807) is 0 Å². The second kappa shape index (κ2) is 10.2. The molecule has 0 heteroatoms. The molecule has 0 aliphatic rings. The Labute approximate surface area is 104 Å². The Hall–Kier alpha value is 0. The summed E-state index contributed by atoms with van der Waals surface area (Å²) in [6, 6.07) is 0. The second-order valence-corrected chi connectivity index (χ2v) is 5.81. The van der Waals surface area contributed by atoms with Gasteiger partial charge in [0.1, 0.15) is 0 Å². The predicted molar refractivity (Wildman–Crippen MR) is 75.5 cm³/mol. The van der Waals surface area contributed by atoms with E-state index in [0.717, 1.165) is 17.8 Å². The summed E-state index contributed by atoms with van der Waals surface area (Å²) >= 11 is 0. The number of unbranched alkanes of at least 4 members (excludes halogenated alkanes) is 1. The minimum absolute atomic E-state index is 0.754. The van der Waals surface area contributed by atoms with Gasteiger partial charge in [-0.3, -0.25) is 0 Å². The van der Waals surface area contributed by atoms with Crippen molar-refractivity contribution in [3.8, 4) is 0 Å². The highest BCUT2D eigenvalue weighted by atomic mass is 14.2. The maximum Gasteiger partial charge on any atom is -0.0358 e. The first-order valence-electron chi connectivity index (χ1n) is 7.43. The molecule has 0 saturated heterocycles. The van der Waals surface area contributed by atoms with Gasteiger partial charge in [0.25, 0.3) is 0 Å². The van der Waals surface area contributed by atoms with Crippen LogP contribution in [0.4, 0.5) is 0 Å².